The minimum Gasteiger partial charge on any atom is -0.489 e. The number of nitrogens with one attached hydrogen (secondary N) is 1. The summed E-state index contributed by atoms with van der Waals surface area (Å²) in [6, 6.07) is 13.8. The lowest BCUT2D eigenvalue weighted by Gasteiger charge is -2.07. The van der Waals surface area contributed by atoms with Crippen molar-refractivity contribution in [2.75, 3.05) is 13.2 Å². The van der Waals surface area contributed by atoms with Gasteiger partial charge in [-0.15, -0.1) is 0 Å². The van der Waals surface area contributed by atoms with E-state index in [-0.39, 0.29) is 19.0 Å². The molecule has 0 amide bonds. The number of benzene rings is 2. The Morgan fingerprint density at radius 3 is 2.62 bits per heavy atom. The Kier molecular flexibility index (Phi) is 5.72. The van der Waals surface area contributed by atoms with Gasteiger partial charge in [-0.1, -0.05) is 18.2 Å². The summed E-state index contributed by atoms with van der Waals surface area (Å²) in [4.78, 5) is 0. The van der Waals surface area contributed by atoms with Gasteiger partial charge < -0.3 is 15.3 Å². The van der Waals surface area contributed by atoms with E-state index in [1.807, 2.05) is 12.1 Å². The van der Waals surface area contributed by atoms with Crippen LogP contribution in [0.25, 0.3) is 0 Å². The van der Waals surface area contributed by atoms with E-state index in [4.69, 9.17) is 9.84 Å². The summed E-state index contributed by atoms with van der Waals surface area (Å²) < 4.78 is 19.0. The van der Waals surface area contributed by atoms with Crippen molar-refractivity contribution in [1.29, 1.82) is 0 Å². The first-order valence-electron chi connectivity index (χ1n) is 6.62. The zero-order valence-electron chi connectivity index (χ0n) is 11.5. The molecule has 2 rings (SSSR count). The van der Waals surface area contributed by atoms with Gasteiger partial charge in [-0.2, -0.15) is 5.10 Å². The van der Waals surface area contributed by atoms with Gasteiger partial charge in [0.25, 0.3) is 0 Å². The average molecular weight is 288 g/mol. The van der Waals surface area contributed by atoms with Crippen LogP contribution >= 0.6 is 0 Å². The normalized spacial score (nSPS) is 10.8. The molecule has 0 bridgehead atoms. The Morgan fingerprint density at radius 2 is 1.90 bits per heavy atom. The number of hydrogen-bond acceptors (Lipinski definition) is 4. The van der Waals surface area contributed by atoms with E-state index >= 15 is 0 Å². The van der Waals surface area contributed by atoms with Crippen LogP contribution in [0.15, 0.2) is 53.6 Å². The predicted molar refractivity (Wildman–Crippen MR) is 79.9 cm³/mol. The highest BCUT2D eigenvalue weighted by Crippen LogP contribution is 2.14. The highest BCUT2D eigenvalue weighted by molar-refractivity contribution is 5.79. The van der Waals surface area contributed by atoms with Crippen LogP contribution in [0.2, 0.25) is 0 Å². The van der Waals surface area contributed by atoms with E-state index in [1.165, 1.54) is 6.07 Å². The Labute approximate surface area is 122 Å². The fraction of sp³-hybridized carbons (Fsp3) is 0.188. The second-order valence-electron chi connectivity index (χ2n) is 4.34. The van der Waals surface area contributed by atoms with Crippen LogP contribution in [-0.4, -0.2) is 24.5 Å². The lowest BCUT2D eigenvalue weighted by molar-refractivity contribution is 0.294. The van der Waals surface area contributed by atoms with Gasteiger partial charge in [-0.25, -0.2) is 4.39 Å². The summed E-state index contributed by atoms with van der Waals surface area (Å²) in [6.45, 7) is 0.651. The molecule has 0 aliphatic heterocycles. The first-order valence-corrected chi connectivity index (χ1v) is 6.62. The molecule has 0 aliphatic rings. The van der Waals surface area contributed by atoms with Crippen LogP contribution in [0.3, 0.4) is 0 Å². The molecule has 0 aromatic heterocycles. The quantitative estimate of drug-likeness (QED) is 0.467. The van der Waals surface area contributed by atoms with Crippen molar-refractivity contribution in [3.05, 3.63) is 65.5 Å². The van der Waals surface area contributed by atoms with Crippen molar-refractivity contribution in [2.24, 2.45) is 5.10 Å². The van der Waals surface area contributed by atoms with Gasteiger partial charge in [0, 0.05) is 5.56 Å². The zero-order chi connectivity index (χ0) is 14.9. The number of hydrazone groups is 1. The molecule has 0 atom stereocenters. The van der Waals surface area contributed by atoms with E-state index in [0.29, 0.717) is 17.9 Å². The summed E-state index contributed by atoms with van der Waals surface area (Å²) >= 11 is 0. The Morgan fingerprint density at radius 1 is 1.14 bits per heavy atom. The molecule has 0 unspecified atom stereocenters. The third-order valence-corrected chi connectivity index (χ3v) is 2.76. The van der Waals surface area contributed by atoms with Crippen LogP contribution < -0.4 is 10.2 Å². The molecule has 0 spiro atoms. The number of nitrogens with zero attached hydrogens (tertiary/aromatic N) is 1. The zero-order valence-corrected chi connectivity index (χ0v) is 11.5. The SMILES string of the molecule is OCCNN=Cc1ccc(OCc2ccccc2F)cc1. The van der Waals surface area contributed by atoms with E-state index in [2.05, 4.69) is 10.5 Å². The molecule has 0 aliphatic carbocycles. The monoisotopic (exact) mass is 288 g/mol. The van der Waals surface area contributed by atoms with Crippen LogP contribution in [0.4, 0.5) is 4.39 Å². The molecule has 0 heterocycles. The smallest absolute Gasteiger partial charge is 0.129 e. The number of hydrogen-bond donors (Lipinski definition) is 2. The number of rotatable bonds is 7. The number of ether oxygens (including phenoxy) is 1. The Balaban J connectivity index is 1.88. The van der Waals surface area contributed by atoms with Crippen molar-refractivity contribution >= 4 is 6.21 Å². The molecule has 0 saturated heterocycles. The standard InChI is InChI=1S/C16H17FN2O2/c17-16-4-2-1-3-14(16)12-21-15-7-5-13(6-8-15)11-19-18-9-10-20/h1-8,11,18,20H,9-10,12H2. The van der Waals surface area contributed by atoms with Gasteiger partial charge in [0.1, 0.15) is 18.2 Å². The van der Waals surface area contributed by atoms with Crippen molar-refractivity contribution < 1.29 is 14.2 Å². The van der Waals surface area contributed by atoms with Gasteiger partial charge in [-0.3, -0.25) is 0 Å². The molecule has 21 heavy (non-hydrogen) atoms. The predicted octanol–water partition coefficient (Wildman–Crippen LogP) is 2.32. The minimum absolute atomic E-state index is 0.0418. The van der Waals surface area contributed by atoms with Crippen molar-refractivity contribution in [3.63, 3.8) is 0 Å². The molecule has 110 valence electrons. The van der Waals surface area contributed by atoms with E-state index < -0.39 is 0 Å². The first-order chi connectivity index (χ1) is 10.3. The third kappa shape index (κ3) is 4.89. The molecule has 0 saturated carbocycles. The van der Waals surface area contributed by atoms with E-state index in [9.17, 15) is 4.39 Å². The fourth-order valence-electron chi connectivity index (χ4n) is 1.66. The topological polar surface area (TPSA) is 53.8 Å². The van der Waals surface area contributed by atoms with Gasteiger partial charge in [0.15, 0.2) is 0 Å². The highest BCUT2D eigenvalue weighted by atomic mass is 19.1. The molecule has 0 radical (unpaired) electrons. The van der Waals surface area contributed by atoms with Crippen LogP contribution in [0, 0.1) is 5.82 Å². The van der Waals surface area contributed by atoms with Crippen LogP contribution in [-0.2, 0) is 6.61 Å². The van der Waals surface area contributed by atoms with Crippen molar-refractivity contribution in [1.82, 2.24) is 5.43 Å². The summed E-state index contributed by atoms with van der Waals surface area (Å²) in [5, 5.41) is 12.5. The molecule has 4 nitrogen and oxygen atoms in total. The van der Waals surface area contributed by atoms with E-state index in [0.717, 1.165) is 5.56 Å². The van der Waals surface area contributed by atoms with Crippen LogP contribution in [0.5, 0.6) is 5.75 Å². The van der Waals surface area contributed by atoms with Crippen molar-refractivity contribution in [2.45, 2.75) is 6.61 Å². The molecule has 2 N–H and O–H groups in total. The molecular weight excluding hydrogens is 271 g/mol. The molecule has 5 heteroatoms. The van der Waals surface area contributed by atoms with Gasteiger partial charge in [0.05, 0.1) is 19.4 Å². The van der Waals surface area contributed by atoms with Gasteiger partial charge in [0.2, 0.25) is 0 Å². The van der Waals surface area contributed by atoms with Crippen molar-refractivity contribution in [3.8, 4) is 5.75 Å². The molecular formula is C16H17FN2O2. The number of aliphatic hydroxyl groups is 1. The summed E-state index contributed by atoms with van der Waals surface area (Å²) in [7, 11) is 0. The summed E-state index contributed by atoms with van der Waals surface area (Å²) in [5.74, 6) is 0.398. The lowest BCUT2D eigenvalue weighted by Crippen LogP contribution is -2.11. The Bertz CT molecular complexity index is 585. The van der Waals surface area contributed by atoms with Crippen LogP contribution in [0.1, 0.15) is 11.1 Å². The maximum atomic E-state index is 13.4. The average Bonchev–Trinajstić information content (AvgIpc) is 2.52. The Hall–Kier alpha value is -2.40. The molecule has 2 aromatic rings. The third-order valence-electron chi connectivity index (χ3n) is 2.76. The maximum absolute atomic E-state index is 13.4. The second kappa shape index (κ2) is 8.01. The molecule has 2 aromatic carbocycles. The summed E-state index contributed by atoms with van der Waals surface area (Å²) in [6.07, 6.45) is 1.65. The van der Waals surface area contributed by atoms with Gasteiger partial charge >= 0.3 is 0 Å². The summed E-state index contributed by atoms with van der Waals surface area (Å²) in [5.41, 5.74) is 4.12. The number of aliphatic hydroxyl groups excluding tert-OH is 1. The first kappa shape index (κ1) is 15.0. The fourth-order valence-corrected chi connectivity index (χ4v) is 1.66. The largest absolute Gasteiger partial charge is 0.489 e. The number of halogens is 1. The second-order valence-corrected chi connectivity index (χ2v) is 4.34. The van der Waals surface area contributed by atoms with Gasteiger partial charge in [-0.05, 0) is 35.9 Å². The molecule has 0 fully saturated rings. The maximum Gasteiger partial charge on any atom is 0.129 e. The lowest BCUT2D eigenvalue weighted by atomic mass is 10.2. The minimum atomic E-state index is -0.267. The highest BCUT2D eigenvalue weighted by Gasteiger charge is 2.01. The van der Waals surface area contributed by atoms with E-state index in [1.54, 1.807) is 36.5 Å².